The average molecular weight is 304 g/mol. The van der Waals surface area contributed by atoms with E-state index in [0.717, 1.165) is 69.8 Å². The minimum absolute atomic E-state index is 0.104. The highest BCUT2D eigenvalue weighted by atomic mass is 16.5. The SMILES string of the molecule is C[C@@H]1CCCN1C(=O)c1n[nH]c2c1CN([C@H]1CCOC1)CC2. The van der Waals surface area contributed by atoms with Gasteiger partial charge >= 0.3 is 0 Å². The number of amides is 1. The molecule has 2 fully saturated rings. The number of rotatable bonds is 2. The van der Waals surface area contributed by atoms with E-state index < -0.39 is 0 Å². The summed E-state index contributed by atoms with van der Waals surface area (Å²) in [4.78, 5) is 17.3. The lowest BCUT2D eigenvalue weighted by Crippen LogP contribution is -2.40. The number of nitrogens with one attached hydrogen (secondary N) is 1. The molecule has 1 N–H and O–H groups in total. The van der Waals surface area contributed by atoms with Crippen LogP contribution in [0.1, 0.15) is 47.9 Å². The van der Waals surface area contributed by atoms with Gasteiger partial charge in [-0.15, -0.1) is 0 Å². The molecule has 4 heterocycles. The summed E-state index contributed by atoms with van der Waals surface area (Å²) in [6, 6.07) is 0.833. The van der Waals surface area contributed by atoms with E-state index in [1.807, 2.05) is 4.90 Å². The molecule has 120 valence electrons. The summed E-state index contributed by atoms with van der Waals surface area (Å²) in [7, 11) is 0. The van der Waals surface area contributed by atoms with Crippen molar-refractivity contribution in [3.8, 4) is 0 Å². The second-order valence-corrected chi connectivity index (χ2v) is 6.76. The molecule has 3 aliphatic rings. The van der Waals surface area contributed by atoms with Gasteiger partial charge in [-0.05, 0) is 26.2 Å². The molecule has 0 radical (unpaired) electrons. The molecule has 6 nitrogen and oxygen atoms in total. The van der Waals surface area contributed by atoms with Gasteiger partial charge < -0.3 is 9.64 Å². The molecule has 6 heteroatoms. The highest BCUT2D eigenvalue weighted by Gasteiger charge is 2.34. The highest BCUT2D eigenvalue weighted by Crippen LogP contribution is 2.27. The number of likely N-dealkylation sites (tertiary alicyclic amines) is 1. The van der Waals surface area contributed by atoms with E-state index in [1.165, 1.54) is 0 Å². The largest absolute Gasteiger partial charge is 0.380 e. The molecule has 4 rings (SSSR count). The minimum Gasteiger partial charge on any atom is -0.380 e. The Balaban J connectivity index is 1.56. The Labute approximate surface area is 130 Å². The van der Waals surface area contributed by atoms with Crippen molar-refractivity contribution in [2.75, 3.05) is 26.3 Å². The predicted octanol–water partition coefficient (Wildman–Crippen LogP) is 1.18. The monoisotopic (exact) mass is 304 g/mol. The number of nitrogens with zero attached hydrogens (tertiary/aromatic N) is 3. The van der Waals surface area contributed by atoms with Crippen molar-refractivity contribution in [3.05, 3.63) is 17.0 Å². The van der Waals surface area contributed by atoms with E-state index in [0.29, 0.717) is 17.8 Å². The maximum atomic E-state index is 12.8. The molecule has 1 aromatic rings. The Morgan fingerprint density at radius 2 is 2.27 bits per heavy atom. The molecule has 2 atom stereocenters. The third-order valence-corrected chi connectivity index (χ3v) is 5.40. The van der Waals surface area contributed by atoms with Crippen LogP contribution in [0.3, 0.4) is 0 Å². The lowest BCUT2D eigenvalue weighted by atomic mass is 10.0. The number of hydrogen-bond acceptors (Lipinski definition) is 4. The van der Waals surface area contributed by atoms with Crippen LogP contribution in [0.2, 0.25) is 0 Å². The summed E-state index contributed by atoms with van der Waals surface area (Å²) in [5.41, 5.74) is 2.90. The maximum Gasteiger partial charge on any atom is 0.274 e. The van der Waals surface area contributed by atoms with Crippen molar-refractivity contribution < 1.29 is 9.53 Å². The number of fused-ring (bicyclic) bond motifs is 1. The Hall–Kier alpha value is -1.40. The first-order chi connectivity index (χ1) is 10.7. The highest BCUT2D eigenvalue weighted by molar-refractivity contribution is 5.94. The second kappa shape index (κ2) is 5.66. The Kier molecular flexibility index (Phi) is 3.66. The van der Waals surface area contributed by atoms with E-state index in [-0.39, 0.29) is 5.91 Å². The maximum absolute atomic E-state index is 12.8. The van der Waals surface area contributed by atoms with Crippen molar-refractivity contribution in [2.24, 2.45) is 0 Å². The zero-order chi connectivity index (χ0) is 15.1. The van der Waals surface area contributed by atoms with Crippen LogP contribution in [0, 0.1) is 0 Å². The van der Waals surface area contributed by atoms with Crippen LogP contribution >= 0.6 is 0 Å². The first kappa shape index (κ1) is 14.2. The predicted molar refractivity (Wildman–Crippen MR) is 81.7 cm³/mol. The number of carbonyl (C=O) groups is 1. The summed E-state index contributed by atoms with van der Waals surface area (Å²) >= 11 is 0. The number of ether oxygens (including phenoxy) is 1. The van der Waals surface area contributed by atoms with E-state index in [4.69, 9.17) is 4.74 Å². The van der Waals surface area contributed by atoms with Gasteiger partial charge in [0.15, 0.2) is 5.69 Å². The van der Waals surface area contributed by atoms with Gasteiger partial charge in [0.2, 0.25) is 0 Å². The molecule has 0 saturated carbocycles. The van der Waals surface area contributed by atoms with E-state index in [9.17, 15) is 4.79 Å². The molecule has 0 aromatic carbocycles. The molecule has 2 saturated heterocycles. The van der Waals surface area contributed by atoms with Crippen LogP contribution in [0.5, 0.6) is 0 Å². The van der Waals surface area contributed by atoms with Crippen molar-refractivity contribution >= 4 is 5.91 Å². The fourth-order valence-corrected chi connectivity index (χ4v) is 3.99. The summed E-state index contributed by atoms with van der Waals surface area (Å²) in [5, 5.41) is 7.46. The molecule has 0 spiro atoms. The summed E-state index contributed by atoms with van der Waals surface area (Å²) < 4.78 is 5.51. The molecule has 1 aromatic heterocycles. The topological polar surface area (TPSA) is 61.5 Å². The third kappa shape index (κ3) is 2.34. The summed E-state index contributed by atoms with van der Waals surface area (Å²) in [5.74, 6) is 0.104. The standard InChI is InChI=1S/C16H24N4O2/c1-11-3-2-6-20(11)16(21)15-13-9-19(12-5-8-22-10-12)7-4-14(13)17-18-15/h11-12H,2-10H2,1H3,(H,17,18)/t11-,12+/m1/s1. The van der Waals surface area contributed by atoms with Gasteiger partial charge in [-0.3, -0.25) is 14.8 Å². The Morgan fingerprint density at radius 1 is 1.36 bits per heavy atom. The number of hydrogen-bond donors (Lipinski definition) is 1. The molecular weight excluding hydrogens is 280 g/mol. The van der Waals surface area contributed by atoms with Crippen LogP contribution in [-0.4, -0.2) is 64.3 Å². The van der Waals surface area contributed by atoms with Crippen LogP contribution in [0.25, 0.3) is 0 Å². The Bertz CT molecular complexity index is 564. The van der Waals surface area contributed by atoms with Gasteiger partial charge in [-0.25, -0.2) is 0 Å². The van der Waals surface area contributed by atoms with Crippen molar-refractivity contribution in [2.45, 2.75) is 51.2 Å². The lowest BCUT2D eigenvalue weighted by Gasteiger charge is -2.31. The number of aromatic nitrogens is 2. The molecule has 0 unspecified atom stereocenters. The van der Waals surface area contributed by atoms with Crippen LogP contribution in [0.15, 0.2) is 0 Å². The normalized spacial score (nSPS) is 29.0. The minimum atomic E-state index is 0.104. The molecule has 22 heavy (non-hydrogen) atoms. The van der Waals surface area contributed by atoms with Gasteiger partial charge in [0.25, 0.3) is 5.91 Å². The van der Waals surface area contributed by atoms with Crippen molar-refractivity contribution in [1.82, 2.24) is 20.0 Å². The third-order valence-electron chi connectivity index (χ3n) is 5.40. The summed E-state index contributed by atoms with van der Waals surface area (Å²) in [6.07, 6.45) is 4.25. The quantitative estimate of drug-likeness (QED) is 0.891. The fourth-order valence-electron chi connectivity index (χ4n) is 3.99. The van der Waals surface area contributed by atoms with Gasteiger partial charge in [-0.2, -0.15) is 5.10 Å². The molecule has 0 aliphatic carbocycles. The fraction of sp³-hybridized carbons (Fsp3) is 0.750. The van der Waals surface area contributed by atoms with E-state index in [1.54, 1.807) is 0 Å². The Morgan fingerprint density at radius 3 is 3.00 bits per heavy atom. The molecule has 3 aliphatic heterocycles. The van der Waals surface area contributed by atoms with E-state index >= 15 is 0 Å². The average Bonchev–Trinajstić information content (AvgIpc) is 3.26. The van der Waals surface area contributed by atoms with Crippen LogP contribution in [-0.2, 0) is 17.7 Å². The first-order valence-electron chi connectivity index (χ1n) is 8.43. The zero-order valence-corrected chi connectivity index (χ0v) is 13.2. The van der Waals surface area contributed by atoms with Crippen LogP contribution < -0.4 is 0 Å². The molecule has 1 amide bonds. The number of carbonyl (C=O) groups excluding carboxylic acids is 1. The van der Waals surface area contributed by atoms with Gasteiger partial charge in [-0.1, -0.05) is 0 Å². The number of aromatic amines is 1. The van der Waals surface area contributed by atoms with Gasteiger partial charge in [0.1, 0.15) is 0 Å². The second-order valence-electron chi connectivity index (χ2n) is 6.76. The van der Waals surface area contributed by atoms with Crippen LogP contribution in [0.4, 0.5) is 0 Å². The first-order valence-corrected chi connectivity index (χ1v) is 8.43. The zero-order valence-electron chi connectivity index (χ0n) is 13.2. The van der Waals surface area contributed by atoms with Gasteiger partial charge in [0, 0.05) is 56.0 Å². The van der Waals surface area contributed by atoms with Crippen molar-refractivity contribution in [1.29, 1.82) is 0 Å². The number of H-pyrrole nitrogens is 1. The lowest BCUT2D eigenvalue weighted by molar-refractivity contribution is 0.0737. The van der Waals surface area contributed by atoms with Gasteiger partial charge in [0.05, 0.1) is 6.61 Å². The van der Waals surface area contributed by atoms with E-state index in [2.05, 4.69) is 22.0 Å². The summed E-state index contributed by atoms with van der Waals surface area (Å²) in [6.45, 7) is 6.52. The molecule has 0 bridgehead atoms. The smallest absolute Gasteiger partial charge is 0.274 e. The van der Waals surface area contributed by atoms with Crippen molar-refractivity contribution in [3.63, 3.8) is 0 Å². The molecular formula is C16H24N4O2.